The number of hydrogen-bond acceptors (Lipinski definition) is 3. The number of carbonyl (C=O) groups is 1. The van der Waals surface area contributed by atoms with E-state index in [1.165, 1.54) is 32.1 Å². The smallest absolute Gasteiger partial charge is 0.305 e. The van der Waals surface area contributed by atoms with E-state index in [1.54, 1.807) is 6.92 Å². The van der Waals surface area contributed by atoms with E-state index in [0.29, 0.717) is 32.0 Å². The first-order valence-electron chi connectivity index (χ1n) is 7.90. The molecule has 0 aromatic heterocycles. The fourth-order valence-electron chi connectivity index (χ4n) is 1.83. The Labute approximate surface area is 123 Å². The highest BCUT2D eigenvalue weighted by molar-refractivity contribution is 5.77. The Bertz CT molecular complexity index is 268. The average molecular weight is 285 g/mol. The molecule has 0 aliphatic rings. The minimum atomic E-state index is -0.165. The maximum Gasteiger partial charge on any atom is 0.305 e. The molecule has 5 heteroatoms. The van der Waals surface area contributed by atoms with Gasteiger partial charge in [0.15, 0.2) is 5.96 Å². The lowest BCUT2D eigenvalue weighted by molar-refractivity contribution is -0.143. The van der Waals surface area contributed by atoms with Crippen LogP contribution in [0.1, 0.15) is 65.2 Å². The van der Waals surface area contributed by atoms with Crippen molar-refractivity contribution in [1.82, 2.24) is 5.32 Å². The lowest BCUT2D eigenvalue weighted by Crippen LogP contribution is -2.32. The molecular formula is C15H31N3O2. The molecule has 118 valence electrons. The third-order valence-corrected chi connectivity index (χ3v) is 2.96. The number of rotatable bonds is 12. The Hall–Kier alpha value is -1.26. The number of aliphatic imine (C=N–C) groups is 1. The third kappa shape index (κ3) is 13.2. The van der Waals surface area contributed by atoms with E-state index in [0.717, 1.165) is 13.0 Å². The fraction of sp³-hybridized carbons (Fsp3) is 0.867. The van der Waals surface area contributed by atoms with E-state index in [1.807, 2.05) is 0 Å². The van der Waals surface area contributed by atoms with Crippen molar-refractivity contribution in [3.05, 3.63) is 0 Å². The molecule has 0 bridgehead atoms. The van der Waals surface area contributed by atoms with Gasteiger partial charge in [-0.15, -0.1) is 0 Å². The molecule has 0 fully saturated rings. The fourth-order valence-corrected chi connectivity index (χ4v) is 1.83. The molecule has 0 amide bonds. The summed E-state index contributed by atoms with van der Waals surface area (Å²) in [6.45, 7) is 5.90. The monoisotopic (exact) mass is 285 g/mol. The van der Waals surface area contributed by atoms with E-state index in [4.69, 9.17) is 10.5 Å². The molecule has 0 aliphatic carbocycles. The molecule has 0 aromatic carbocycles. The summed E-state index contributed by atoms with van der Waals surface area (Å²) in [6.07, 6.45) is 8.69. The van der Waals surface area contributed by atoms with Crippen LogP contribution in [0.4, 0.5) is 0 Å². The number of guanidine groups is 1. The van der Waals surface area contributed by atoms with Gasteiger partial charge in [0.2, 0.25) is 0 Å². The summed E-state index contributed by atoms with van der Waals surface area (Å²) in [5.41, 5.74) is 5.73. The van der Waals surface area contributed by atoms with E-state index >= 15 is 0 Å². The molecule has 0 aliphatic heterocycles. The van der Waals surface area contributed by atoms with Crippen molar-refractivity contribution in [1.29, 1.82) is 0 Å². The van der Waals surface area contributed by atoms with Crippen LogP contribution in [-0.2, 0) is 9.53 Å². The predicted molar refractivity (Wildman–Crippen MR) is 83.7 cm³/mol. The van der Waals surface area contributed by atoms with E-state index < -0.39 is 0 Å². The summed E-state index contributed by atoms with van der Waals surface area (Å²) < 4.78 is 4.83. The van der Waals surface area contributed by atoms with Crippen LogP contribution in [0.15, 0.2) is 4.99 Å². The maximum absolute atomic E-state index is 11.1. The first-order valence-corrected chi connectivity index (χ1v) is 7.90. The topological polar surface area (TPSA) is 76.7 Å². The van der Waals surface area contributed by atoms with Crippen molar-refractivity contribution in [3.63, 3.8) is 0 Å². The average Bonchev–Trinajstić information content (AvgIpc) is 2.43. The van der Waals surface area contributed by atoms with Crippen molar-refractivity contribution < 1.29 is 9.53 Å². The molecule has 0 radical (unpaired) electrons. The van der Waals surface area contributed by atoms with E-state index in [2.05, 4.69) is 17.2 Å². The van der Waals surface area contributed by atoms with Crippen molar-refractivity contribution in [2.75, 3.05) is 19.7 Å². The number of nitrogens with two attached hydrogens (primary N) is 1. The van der Waals surface area contributed by atoms with Gasteiger partial charge in [-0.25, -0.2) is 0 Å². The largest absolute Gasteiger partial charge is 0.466 e. The van der Waals surface area contributed by atoms with Crippen LogP contribution in [-0.4, -0.2) is 31.6 Å². The Morgan fingerprint density at radius 2 is 1.80 bits per heavy atom. The van der Waals surface area contributed by atoms with Crippen LogP contribution in [0, 0.1) is 0 Å². The van der Waals surface area contributed by atoms with Crippen LogP contribution >= 0.6 is 0 Å². The third-order valence-electron chi connectivity index (χ3n) is 2.96. The van der Waals surface area contributed by atoms with Gasteiger partial charge in [0.25, 0.3) is 0 Å². The van der Waals surface area contributed by atoms with Gasteiger partial charge in [-0.2, -0.15) is 0 Å². The summed E-state index contributed by atoms with van der Waals surface area (Å²) >= 11 is 0. The number of esters is 1. The molecule has 0 saturated heterocycles. The van der Waals surface area contributed by atoms with Crippen molar-refractivity contribution >= 4 is 11.9 Å². The summed E-state index contributed by atoms with van der Waals surface area (Å²) in [7, 11) is 0. The van der Waals surface area contributed by atoms with Crippen LogP contribution in [0.25, 0.3) is 0 Å². The standard InChI is InChI=1S/C15H31N3O2/c1-3-5-6-7-8-9-12-17-15(16)18-13-10-11-14(19)20-4-2/h3-13H2,1-2H3,(H3,16,17,18). The number of hydrogen-bond donors (Lipinski definition) is 2. The van der Waals surface area contributed by atoms with Crippen LogP contribution < -0.4 is 11.1 Å². The van der Waals surface area contributed by atoms with Crippen LogP contribution in [0.3, 0.4) is 0 Å². The molecule has 0 heterocycles. The van der Waals surface area contributed by atoms with Gasteiger partial charge in [-0.1, -0.05) is 39.0 Å². The van der Waals surface area contributed by atoms with Gasteiger partial charge < -0.3 is 15.8 Å². The SMILES string of the molecule is CCCCCCCCNC(N)=NCCCC(=O)OCC. The second-order valence-corrected chi connectivity index (χ2v) is 4.87. The minimum Gasteiger partial charge on any atom is -0.466 e. The van der Waals surface area contributed by atoms with Gasteiger partial charge in [-0.3, -0.25) is 9.79 Å². The quantitative estimate of drug-likeness (QED) is 0.250. The zero-order valence-corrected chi connectivity index (χ0v) is 13.1. The number of ether oxygens (including phenoxy) is 1. The first-order chi connectivity index (χ1) is 9.70. The Morgan fingerprint density at radius 1 is 1.10 bits per heavy atom. The van der Waals surface area contributed by atoms with Gasteiger partial charge in [-0.05, 0) is 19.8 Å². The lowest BCUT2D eigenvalue weighted by Gasteiger charge is -2.05. The lowest BCUT2D eigenvalue weighted by atomic mass is 10.1. The Kier molecular flexibility index (Phi) is 13.3. The summed E-state index contributed by atoms with van der Waals surface area (Å²) in [4.78, 5) is 15.3. The van der Waals surface area contributed by atoms with E-state index in [-0.39, 0.29) is 5.97 Å². The highest BCUT2D eigenvalue weighted by atomic mass is 16.5. The highest BCUT2D eigenvalue weighted by Crippen LogP contribution is 2.03. The Morgan fingerprint density at radius 3 is 2.50 bits per heavy atom. The van der Waals surface area contributed by atoms with Gasteiger partial charge in [0.1, 0.15) is 0 Å². The molecule has 0 aromatic rings. The number of nitrogens with zero attached hydrogens (tertiary/aromatic N) is 1. The molecule has 0 atom stereocenters. The number of unbranched alkanes of at least 4 members (excludes halogenated alkanes) is 5. The van der Waals surface area contributed by atoms with Crippen molar-refractivity contribution in [3.8, 4) is 0 Å². The van der Waals surface area contributed by atoms with Gasteiger partial charge >= 0.3 is 5.97 Å². The number of nitrogens with one attached hydrogen (secondary N) is 1. The molecule has 0 spiro atoms. The van der Waals surface area contributed by atoms with Crippen molar-refractivity contribution in [2.45, 2.75) is 65.2 Å². The van der Waals surface area contributed by atoms with Gasteiger partial charge in [0.05, 0.1) is 6.61 Å². The van der Waals surface area contributed by atoms with E-state index in [9.17, 15) is 4.79 Å². The molecule has 0 rings (SSSR count). The normalized spacial score (nSPS) is 11.4. The molecule has 0 saturated carbocycles. The minimum absolute atomic E-state index is 0.165. The first kappa shape index (κ1) is 18.7. The molecule has 5 nitrogen and oxygen atoms in total. The van der Waals surface area contributed by atoms with Crippen LogP contribution in [0.2, 0.25) is 0 Å². The van der Waals surface area contributed by atoms with Gasteiger partial charge in [0, 0.05) is 19.5 Å². The predicted octanol–water partition coefficient (Wildman–Crippen LogP) is 2.59. The van der Waals surface area contributed by atoms with Crippen LogP contribution in [0.5, 0.6) is 0 Å². The molecular weight excluding hydrogens is 254 g/mol. The highest BCUT2D eigenvalue weighted by Gasteiger charge is 2.00. The molecule has 20 heavy (non-hydrogen) atoms. The summed E-state index contributed by atoms with van der Waals surface area (Å²) in [5, 5.41) is 3.10. The van der Waals surface area contributed by atoms with Crippen molar-refractivity contribution in [2.24, 2.45) is 10.7 Å². The Balaban J connectivity index is 3.40. The molecule has 0 unspecified atom stereocenters. The zero-order valence-electron chi connectivity index (χ0n) is 13.1. The zero-order chi connectivity index (χ0) is 15.1. The summed E-state index contributed by atoms with van der Waals surface area (Å²) in [6, 6.07) is 0. The second-order valence-electron chi connectivity index (χ2n) is 4.87. The number of carbonyl (C=O) groups excluding carboxylic acids is 1. The maximum atomic E-state index is 11.1. The molecule has 3 N–H and O–H groups in total. The second kappa shape index (κ2) is 14.2. The summed E-state index contributed by atoms with van der Waals surface area (Å²) in [5.74, 6) is 0.309.